The van der Waals surface area contributed by atoms with Crippen molar-refractivity contribution >= 4 is 28.5 Å². The molecule has 4 heterocycles. The number of hydroxylamine groups is 2. The Hall–Kier alpha value is -3.86. The van der Waals surface area contributed by atoms with Crippen LogP contribution < -0.4 is 4.90 Å². The number of fused-ring (bicyclic) bond motifs is 2. The summed E-state index contributed by atoms with van der Waals surface area (Å²) in [6.07, 6.45) is 2.33. The molecule has 4 aromatic rings. The summed E-state index contributed by atoms with van der Waals surface area (Å²) in [4.78, 5) is 26.8. The Labute approximate surface area is 193 Å². The van der Waals surface area contributed by atoms with E-state index in [1.807, 2.05) is 17.0 Å². The number of carbonyl (C=O) groups excluding carboxylic acids is 1. The second-order valence-electron chi connectivity index (χ2n) is 7.98. The normalized spacial score (nSPS) is 15.6. The number of piperazine rings is 1. The molecule has 176 valence electrons. The van der Waals surface area contributed by atoms with Crippen molar-refractivity contribution in [2.45, 2.75) is 12.8 Å². The van der Waals surface area contributed by atoms with Gasteiger partial charge in [-0.1, -0.05) is 6.92 Å². The van der Waals surface area contributed by atoms with Gasteiger partial charge in [-0.25, -0.2) is 23.1 Å². The van der Waals surface area contributed by atoms with Gasteiger partial charge in [0.25, 0.3) is 0 Å². The highest BCUT2D eigenvalue weighted by Gasteiger charge is 2.25. The molecule has 0 saturated carbocycles. The molecule has 1 atom stereocenters. The molecule has 0 radical (unpaired) electrons. The number of halogens is 2. The number of rotatable bonds is 4. The predicted octanol–water partition coefficient (Wildman–Crippen LogP) is 3.53. The highest BCUT2D eigenvalue weighted by atomic mass is 19.1. The molecule has 11 heteroatoms. The van der Waals surface area contributed by atoms with Gasteiger partial charge in [0.1, 0.15) is 17.5 Å². The van der Waals surface area contributed by atoms with E-state index < -0.39 is 23.7 Å². The van der Waals surface area contributed by atoms with Crippen LogP contribution in [-0.2, 0) is 9.57 Å². The first-order valence-electron chi connectivity index (χ1n) is 10.8. The number of imidazole rings is 1. The highest BCUT2D eigenvalue weighted by Crippen LogP contribution is 2.33. The van der Waals surface area contributed by atoms with Gasteiger partial charge in [0.2, 0.25) is 0 Å². The molecule has 9 nitrogen and oxygen atoms in total. The van der Waals surface area contributed by atoms with Crippen LogP contribution in [0.2, 0.25) is 0 Å². The summed E-state index contributed by atoms with van der Waals surface area (Å²) in [6.45, 7) is 3.81. The Bertz CT molecular complexity index is 1370. The number of hydrogen-bond donors (Lipinski definition) is 0. The van der Waals surface area contributed by atoms with Crippen molar-refractivity contribution in [2.24, 2.45) is 0 Å². The number of nitrogens with zero attached hydrogens (tertiary/aromatic N) is 6. The van der Waals surface area contributed by atoms with E-state index in [4.69, 9.17) is 9.94 Å². The number of benzene rings is 1. The molecule has 1 aromatic carbocycles. The number of ether oxygens (including phenoxy) is 1. The third-order valence-electron chi connectivity index (χ3n) is 6.02. The summed E-state index contributed by atoms with van der Waals surface area (Å²) >= 11 is 0. The van der Waals surface area contributed by atoms with Crippen LogP contribution in [0.4, 0.5) is 19.4 Å². The van der Waals surface area contributed by atoms with Gasteiger partial charge in [-0.3, -0.25) is 4.98 Å². The summed E-state index contributed by atoms with van der Waals surface area (Å²) in [5.74, 6) is -1.26. The van der Waals surface area contributed by atoms with Crippen molar-refractivity contribution in [3.8, 4) is 0 Å². The van der Waals surface area contributed by atoms with Crippen molar-refractivity contribution < 1.29 is 23.1 Å². The fourth-order valence-corrected chi connectivity index (χ4v) is 4.21. The molecule has 0 amide bonds. The van der Waals surface area contributed by atoms with Crippen molar-refractivity contribution in [3.05, 3.63) is 65.6 Å². The van der Waals surface area contributed by atoms with Crippen LogP contribution in [-0.4, -0.2) is 64.1 Å². The Kier molecular flexibility index (Phi) is 5.70. The maximum absolute atomic E-state index is 15.3. The Morgan fingerprint density at radius 1 is 1.12 bits per heavy atom. The monoisotopic (exact) mass is 468 g/mol. The molecule has 1 aliphatic heterocycles. The zero-order chi connectivity index (χ0) is 23.8. The van der Waals surface area contributed by atoms with Crippen LogP contribution in [0, 0.1) is 11.6 Å². The SMILES string of the molecule is COC(=O)ON1CCN(c2ccc3ncc(C(C)c4c(F)cc5ncccc5c4F)n3n2)CC1. The van der Waals surface area contributed by atoms with Crippen molar-refractivity contribution in [1.82, 2.24) is 24.6 Å². The van der Waals surface area contributed by atoms with Crippen LogP contribution in [0.5, 0.6) is 0 Å². The third-order valence-corrected chi connectivity index (χ3v) is 6.02. The summed E-state index contributed by atoms with van der Waals surface area (Å²) in [5.41, 5.74) is 1.34. The van der Waals surface area contributed by atoms with Crippen molar-refractivity contribution in [1.29, 1.82) is 0 Å². The molecule has 34 heavy (non-hydrogen) atoms. The lowest BCUT2D eigenvalue weighted by Gasteiger charge is -2.33. The Morgan fingerprint density at radius 2 is 1.91 bits per heavy atom. The molecule has 0 spiro atoms. The van der Waals surface area contributed by atoms with E-state index in [0.29, 0.717) is 43.3 Å². The molecule has 0 aliphatic carbocycles. The quantitative estimate of drug-likeness (QED) is 0.421. The van der Waals surface area contributed by atoms with Gasteiger partial charge in [-0.05, 0) is 24.3 Å². The van der Waals surface area contributed by atoms with E-state index in [1.54, 1.807) is 29.8 Å². The fourth-order valence-electron chi connectivity index (χ4n) is 4.21. The largest absolute Gasteiger partial charge is 0.527 e. The molecule has 1 aliphatic rings. The van der Waals surface area contributed by atoms with E-state index in [-0.39, 0.29) is 16.5 Å². The summed E-state index contributed by atoms with van der Waals surface area (Å²) < 4.78 is 36.4. The fraction of sp³-hybridized carbons (Fsp3) is 0.304. The van der Waals surface area contributed by atoms with Crippen molar-refractivity contribution in [3.63, 3.8) is 0 Å². The van der Waals surface area contributed by atoms with Gasteiger partial charge in [-0.15, -0.1) is 10.2 Å². The first-order valence-corrected chi connectivity index (χ1v) is 10.8. The van der Waals surface area contributed by atoms with Gasteiger partial charge in [0, 0.05) is 42.2 Å². The van der Waals surface area contributed by atoms with Crippen LogP contribution >= 0.6 is 0 Å². The maximum Gasteiger partial charge on any atom is 0.527 e. The van der Waals surface area contributed by atoms with E-state index in [9.17, 15) is 9.18 Å². The minimum atomic E-state index is -0.756. The molecule has 0 bridgehead atoms. The number of methoxy groups -OCH3 is 1. The van der Waals surface area contributed by atoms with Gasteiger partial charge in [-0.2, -0.15) is 0 Å². The van der Waals surface area contributed by atoms with Crippen LogP contribution in [0.15, 0.2) is 42.7 Å². The highest BCUT2D eigenvalue weighted by molar-refractivity contribution is 5.80. The molecular formula is C23H22F2N6O3. The zero-order valence-electron chi connectivity index (χ0n) is 18.6. The first kappa shape index (κ1) is 22.0. The van der Waals surface area contributed by atoms with E-state index in [2.05, 4.69) is 14.7 Å². The number of pyridine rings is 1. The van der Waals surface area contributed by atoms with Gasteiger partial charge < -0.3 is 14.5 Å². The third kappa shape index (κ3) is 3.87. The van der Waals surface area contributed by atoms with Gasteiger partial charge in [0.15, 0.2) is 5.65 Å². The maximum atomic E-state index is 15.3. The minimum Gasteiger partial charge on any atom is -0.436 e. The second kappa shape index (κ2) is 8.82. The summed E-state index contributed by atoms with van der Waals surface area (Å²) in [7, 11) is 1.26. The second-order valence-corrected chi connectivity index (χ2v) is 7.98. The molecule has 5 rings (SSSR count). The molecule has 1 fully saturated rings. The van der Waals surface area contributed by atoms with Crippen LogP contribution in [0.25, 0.3) is 16.6 Å². The number of hydrogen-bond acceptors (Lipinski definition) is 8. The lowest BCUT2D eigenvalue weighted by molar-refractivity contribution is -0.126. The number of anilines is 1. The molecular weight excluding hydrogens is 446 g/mol. The molecule has 0 N–H and O–H groups in total. The lowest BCUT2D eigenvalue weighted by Crippen LogP contribution is -2.47. The smallest absolute Gasteiger partial charge is 0.436 e. The van der Waals surface area contributed by atoms with E-state index in [0.717, 1.165) is 0 Å². The lowest BCUT2D eigenvalue weighted by atomic mass is 9.95. The molecule has 1 saturated heterocycles. The molecule has 3 aromatic heterocycles. The standard InChI is InChI=1S/C23H22F2N6O3/c1-14(21-16(24)12-17-15(22(21)25)4-3-7-26-17)18-13-27-19-5-6-20(28-31(18)19)29-8-10-30(11-9-29)34-23(32)33-2/h3-7,12-14H,8-11H2,1-2H3. The minimum absolute atomic E-state index is 0.0527. The Morgan fingerprint density at radius 3 is 2.68 bits per heavy atom. The van der Waals surface area contributed by atoms with Gasteiger partial charge >= 0.3 is 6.16 Å². The van der Waals surface area contributed by atoms with E-state index >= 15 is 4.39 Å². The summed E-state index contributed by atoms with van der Waals surface area (Å²) in [5, 5.41) is 6.50. The zero-order valence-corrected chi connectivity index (χ0v) is 18.6. The number of aromatic nitrogens is 4. The van der Waals surface area contributed by atoms with E-state index in [1.165, 1.54) is 24.4 Å². The predicted molar refractivity (Wildman–Crippen MR) is 119 cm³/mol. The summed E-state index contributed by atoms with van der Waals surface area (Å²) in [6, 6.07) is 8.11. The van der Waals surface area contributed by atoms with Crippen LogP contribution in [0.1, 0.15) is 24.1 Å². The molecule has 1 unspecified atom stereocenters. The number of carbonyl (C=O) groups is 1. The topological polar surface area (TPSA) is 85.1 Å². The Balaban J connectivity index is 1.44. The first-order chi connectivity index (χ1) is 16.5. The average Bonchev–Trinajstić information content (AvgIpc) is 3.27. The van der Waals surface area contributed by atoms with Crippen LogP contribution in [0.3, 0.4) is 0 Å². The average molecular weight is 468 g/mol. The van der Waals surface area contributed by atoms with Crippen molar-refractivity contribution in [2.75, 3.05) is 38.2 Å². The van der Waals surface area contributed by atoms with Gasteiger partial charge in [0.05, 0.1) is 37.6 Å².